The Hall–Kier alpha value is -1.92. The maximum Gasteiger partial charge on any atom is 0.340 e. The first-order valence-electron chi connectivity index (χ1n) is 6.36. The van der Waals surface area contributed by atoms with Crippen molar-refractivity contribution in [2.45, 2.75) is 39.3 Å². The highest BCUT2D eigenvalue weighted by Gasteiger charge is 2.16. The molecular weight excluding hydrogens is 264 g/mol. The van der Waals surface area contributed by atoms with Crippen molar-refractivity contribution in [2.75, 3.05) is 0 Å². The van der Waals surface area contributed by atoms with Crippen LogP contribution in [0, 0.1) is 0 Å². The number of carbonyl (C=O) groups excluding carboxylic acids is 2. The summed E-state index contributed by atoms with van der Waals surface area (Å²) >= 11 is 0. The molecule has 2 atom stereocenters. The number of aliphatic hydroxyl groups excluding tert-OH is 2. The fourth-order valence-electron chi connectivity index (χ4n) is 1.32. The van der Waals surface area contributed by atoms with Crippen LogP contribution in [0.2, 0.25) is 0 Å². The molecule has 2 unspecified atom stereocenters. The van der Waals surface area contributed by atoms with Crippen LogP contribution in [0.15, 0.2) is 24.3 Å². The second-order valence-corrected chi connectivity index (χ2v) is 4.12. The van der Waals surface area contributed by atoms with Crippen LogP contribution in [0.1, 0.15) is 47.4 Å². The Bertz CT molecular complexity index is 431. The van der Waals surface area contributed by atoms with Gasteiger partial charge in [0.25, 0.3) is 0 Å². The minimum absolute atomic E-state index is 0.123. The smallest absolute Gasteiger partial charge is 0.340 e. The highest BCUT2D eigenvalue weighted by molar-refractivity contribution is 5.95. The maximum atomic E-state index is 11.7. The molecule has 0 aromatic heterocycles. The summed E-state index contributed by atoms with van der Waals surface area (Å²) < 4.78 is 9.48. The number of rotatable bonds is 6. The zero-order chi connectivity index (χ0) is 15.1. The van der Waals surface area contributed by atoms with E-state index in [9.17, 15) is 19.8 Å². The van der Waals surface area contributed by atoms with E-state index in [1.165, 1.54) is 24.3 Å². The number of hydrogen-bond donors (Lipinski definition) is 2. The number of hydrogen-bond acceptors (Lipinski definition) is 6. The van der Waals surface area contributed by atoms with Crippen molar-refractivity contribution in [2.24, 2.45) is 0 Å². The Kier molecular flexibility index (Phi) is 6.14. The Morgan fingerprint density at radius 3 is 1.75 bits per heavy atom. The molecule has 0 aliphatic carbocycles. The first-order valence-corrected chi connectivity index (χ1v) is 6.36. The van der Waals surface area contributed by atoms with Crippen LogP contribution in [0.3, 0.4) is 0 Å². The van der Waals surface area contributed by atoms with E-state index in [0.717, 1.165) is 0 Å². The van der Waals surface area contributed by atoms with E-state index in [1.807, 2.05) is 0 Å². The standard InChI is InChI=1S/C14H18O6/c1-3-11(15)19-13(17)9-6-5-7-10(8-9)14(18)20-12(16)4-2/h5-8,11-12,15-16H,3-4H2,1-2H3. The van der Waals surface area contributed by atoms with Crippen molar-refractivity contribution in [1.29, 1.82) is 0 Å². The molecule has 1 aromatic carbocycles. The van der Waals surface area contributed by atoms with E-state index < -0.39 is 24.5 Å². The summed E-state index contributed by atoms with van der Waals surface area (Å²) in [6.07, 6.45) is -1.81. The predicted molar refractivity (Wildman–Crippen MR) is 69.9 cm³/mol. The summed E-state index contributed by atoms with van der Waals surface area (Å²) in [5.74, 6) is -1.46. The van der Waals surface area contributed by atoms with E-state index in [1.54, 1.807) is 13.8 Å². The molecule has 0 aliphatic heterocycles. The largest absolute Gasteiger partial charge is 0.432 e. The monoisotopic (exact) mass is 282 g/mol. The molecule has 1 aromatic rings. The van der Waals surface area contributed by atoms with Gasteiger partial charge in [0, 0.05) is 12.8 Å². The van der Waals surface area contributed by atoms with Crippen LogP contribution in [0.4, 0.5) is 0 Å². The van der Waals surface area contributed by atoms with Crippen molar-refractivity contribution in [3.63, 3.8) is 0 Å². The van der Waals surface area contributed by atoms with Crippen molar-refractivity contribution < 1.29 is 29.3 Å². The highest BCUT2D eigenvalue weighted by atomic mass is 16.6. The summed E-state index contributed by atoms with van der Waals surface area (Å²) in [5.41, 5.74) is 0.246. The van der Waals surface area contributed by atoms with Gasteiger partial charge in [-0.15, -0.1) is 0 Å². The summed E-state index contributed by atoms with van der Waals surface area (Å²) in [4.78, 5) is 23.4. The van der Waals surface area contributed by atoms with Gasteiger partial charge in [0.2, 0.25) is 12.6 Å². The second-order valence-electron chi connectivity index (χ2n) is 4.12. The Labute approximate surface area is 116 Å². The molecule has 6 heteroatoms. The van der Waals surface area contributed by atoms with E-state index in [4.69, 9.17) is 9.47 Å². The van der Waals surface area contributed by atoms with Gasteiger partial charge in [-0.3, -0.25) is 0 Å². The van der Waals surface area contributed by atoms with Crippen molar-refractivity contribution in [1.82, 2.24) is 0 Å². The molecule has 6 nitrogen and oxygen atoms in total. The normalized spacial score (nSPS) is 13.4. The van der Waals surface area contributed by atoms with Gasteiger partial charge in [-0.05, 0) is 18.2 Å². The van der Waals surface area contributed by atoms with Gasteiger partial charge in [0.05, 0.1) is 11.1 Å². The first-order chi connectivity index (χ1) is 9.47. The van der Waals surface area contributed by atoms with Crippen LogP contribution in [0.5, 0.6) is 0 Å². The molecule has 1 rings (SSSR count). The third-order valence-electron chi connectivity index (χ3n) is 2.52. The minimum atomic E-state index is -1.18. The molecule has 0 heterocycles. The lowest BCUT2D eigenvalue weighted by Crippen LogP contribution is -2.18. The summed E-state index contributed by atoms with van der Waals surface area (Å²) in [5, 5.41) is 18.5. The third-order valence-corrected chi connectivity index (χ3v) is 2.52. The van der Waals surface area contributed by atoms with Gasteiger partial charge in [0.15, 0.2) is 0 Å². The van der Waals surface area contributed by atoms with Gasteiger partial charge in [-0.1, -0.05) is 19.9 Å². The number of aliphatic hydroxyl groups is 2. The number of ether oxygens (including phenoxy) is 2. The number of benzene rings is 1. The Morgan fingerprint density at radius 1 is 1.00 bits per heavy atom. The molecule has 0 radical (unpaired) electrons. The van der Waals surface area contributed by atoms with E-state index >= 15 is 0 Å². The summed E-state index contributed by atoms with van der Waals surface area (Å²) in [7, 11) is 0. The van der Waals surface area contributed by atoms with Crippen LogP contribution < -0.4 is 0 Å². The molecule has 0 fully saturated rings. The van der Waals surface area contributed by atoms with Crippen LogP contribution >= 0.6 is 0 Å². The molecule has 0 saturated carbocycles. The summed E-state index contributed by atoms with van der Waals surface area (Å²) in [6.45, 7) is 3.33. The van der Waals surface area contributed by atoms with Gasteiger partial charge in [-0.2, -0.15) is 0 Å². The fraction of sp³-hybridized carbons (Fsp3) is 0.429. The summed E-state index contributed by atoms with van der Waals surface area (Å²) in [6, 6.07) is 5.69. The molecular formula is C14H18O6. The first kappa shape index (κ1) is 16.1. The zero-order valence-electron chi connectivity index (χ0n) is 11.4. The van der Waals surface area contributed by atoms with E-state index in [0.29, 0.717) is 0 Å². The number of carbonyl (C=O) groups is 2. The Balaban J connectivity index is 2.80. The van der Waals surface area contributed by atoms with Gasteiger partial charge in [0.1, 0.15) is 0 Å². The fourth-order valence-corrected chi connectivity index (χ4v) is 1.32. The van der Waals surface area contributed by atoms with Crippen molar-refractivity contribution in [3.8, 4) is 0 Å². The van der Waals surface area contributed by atoms with Gasteiger partial charge < -0.3 is 19.7 Å². The molecule has 0 saturated heterocycles. The van der Waals surface area contributed by atoms with E-state index in [-0.39, 0.29) is 24.0 Å². The van der Waals surface area contributed by atoms with E-state index in [2.05, 4.69) is 0 Å². The Morgan fingerprint density at radius 2 is 1.40 bits per heavy atom. The third kappa shape index (κ3) is 4.64. The molecule has 0 aliphatic rings. The average molecular weight is 282 g/mol. The lowest BCUT2D eigenvalue weighted by atomic mass is 10.1. The quantitative estimate of drug-likeness (QED) is 0.606. The van der Waals surface area contributed by atoms with Gasteiger partial charge >= 0.3 is 11.9 Å². The van der Waals surface area contributed by atoms with Crippen LogP contribution in [-0.4, -0.2) is 34.7 Å². The molecule has 0 bridgehead atoms. The van der Waals surface area contributed by atoms with Crippen molar-refractivity contribution >= 4 is 11.9 Å². The molecule has 0 spiro atoms. The SMILES string of the molecule is CCC(O)OC(=O)c1cccc(C(=O)OC(O)CC)c1. The zero-order valence-corrected chi connectivity index (χ0v) is 11.4. The minimum Gasteiger partial charge on any atom is -0.432 e. The van der Waals surface area contributed by atoms with Crippen LogP contribution in [0.25, 0.3) is 0 Å². The molecule has 110 valence electrons. The lowest BCUT2D eigenvalue weighted by molar-refractivity contribution is -0.0660. The lowest BCUT2D eigenvalue weighted by Gasteiger charge is -2.11. The molecule has 0 amide bonds. The highest BCUT2D eigenvalue weighted by Crippen LogP contribution is 2.11. The second kappa shape index (κ2) is 7.62. The van der Waals surface area contributed by atoms with Gasteiger partial charge in [-0.25, -0.2) is 9.59 Å². The topological polar surface area (TPSA) is 93.1 Å². The molecule has 20 heavy (non-hydrogen) atoms. The molecule has 2 N–H and O–H groups in total. The maximum absolute atomic E-state index is 11.7. The average Bonchev–Trinajstić information content (AvgIpc) is 2.46. The van der Waals surface area contributed by atoms with Crippen LogP contribution in [-0.2, 0) is 9.47 Å². The van der Waals surface area contributed by atoms with Crippen molar-refractivity contribution in [3.05, 3.63) is 35.4 Å². The number of esters is 2. The predicted octanol–water partition coefficient (Wildman–Crippen LogP) is 1.46.